The summed E-state index contributed by atoms with van der Waals surface area (Å²) in [5.74, 6) is -0.615. The summed E-state index contributed by atoms with van der Waals surface area (Å²) in [6.45, 7) is 3.78. The van der Waals surface area contributed by atoms with Gasteiger partial charge >= 0.3 is 0 Å². The average molecular weight is 397 g/mol. The molecule has 1 fully saturated rings. The maximum Gasteiger partial charge on any atom is 0.137 e. The summed E-state index contributed by atoms with van der Waals surface area (Å²) in [6.07, 6.45) is 7.76. The minimum absolute atomic E-state index is 0.0501. The molecule has 0 amide bonds. The number of benzene rings is 1. The smallest absolute Gasteiger partial charge is 0.137 e. The fraction of sp³-hybridized carbons (Fsp3) is 0.458. The second-order valence-corrected chi connectivity index (χ2v) is 7.67. The summed E-state index contributed by atoms with van der Waals surface area (Å²) in [6, 6.07) is 9.30. The van der Waals surface area contributed by atoms with Crippen LogP contribution >= 0.6 is 0 Å². The van der Waals surface area contributed by atoms with E-state index in [9.17, 15) is 19.8 Å². The monoisotopic (exact) mass is 397 g/mol. The number of ketones is 1. The number of para-hydroxylation sites is 1. The molecule has 0 saturated heterocycles. The SMILES string of the molecule is CC(CC=C=CCC1C(=O)CC(C)C1/C=C/C(O)COc1ccccc1)C(=O)[O-]. The number of hydrogen-bond acceptors (Lipinski definition) is 5. The molecule has 5 unspecified atom stereocenters. The Morgan fingerprint density at radius 3 is 2.76 bits per heavy atom. The first kappa shape index (κ1) is 22.7. The Morgan fingerprint density at radius 1 is 1.34 bits per heavy atom. The number of carbonyl (C=O) groups is 2. The van der Waals surface area contributed by atoms with E-state index in [2.05, 4.69) is 5.73 Å². The van der Waals surface area contributed by atoms with Crippen molar-refractivity contribution in [2.24, 2.45) is 23.7 Å². The fourth-order valence-corrected chi connectivity index (χ4v) is 3.46. The number of aliphatic hydroxyl groups is 1. The summed E-state index contributed by atoms with van der Waals surface area (Å²) in [5, 5.41) is 20.9. The molecule has 1 aliphatic rings. The molecular weight excluding hydrogens is 368 g/mol. The zero-order valence-electron chi connectivity index (χ0n) is 17.0. The lowest BCUT2D eigenvalue weighted by molar-refractivity contribution is -0.310. The van der Waals surface area contributed by atoms with Crippen LogP contribution in [0.3, 0.4) is 0 Å². The van der Waals surface area contributed by atoms with Crippen molar-refractivity contribution in [2.75, 3.05) is 6.61 Å². The van der Waals surface area contributed by atoms with Gasteiger partial charge in [0.2, 0.25) is 0 Å². The molecule has 0 aliphatic heterocycles. The number of hydrogen-bond donors (Lipinski definition) is 1. The molecule has 5 heteroatoms. The fourth-order valence-electron chi connectivity index (χ4n) is 3.46. The third-order valence-corrected chi connectivity index (χ3v) is 5.26. The van der Waals surface area contributed by atoms with Gasteiger partial charge in [0, 0.05) is 18.3 Å². The van der Waals surface area contributed by atoms with Crippen LogP contribution in [0.2, 0.25) is 0 Å². The highest BCUT2D eigenvalue weighted by molar-refractivity contribution is 5.84. The van der Waals surface area contributed by atoms with E-state index in [-0.39, 0.29) is 30.1 Å². The van der Waals surface area contributed by atoms with E-state index in [0.717, 1.165) is 0 Å². The van der Waals surface area contributed by atoms with E-state index in [1.807, 2.05) is 43.3 Å². The van der Waals surface area contributed by atoms with Crippen molar-refractivity contribution in [2.45, 2.75) is 39.2 Å². The van der Waals surface area contributed by atoms with Gasteiger partial charge in [0.25, 0.3) is 0 Å². The number of carboxylic acids is 1. The topological polar surface area (TPSA) is 86.7 Å². The zero-order chi connectivity index (χ0) is 21.2. The van der Waals surface area contributed by atoms with E-state index in [4.69, 9.17) is 4.74 Å². The van der Waals surface area contributed by atoms with Crippen molar-refractivity contribution >= 4 is 11.8 Å². The molecule has 2 rings (SSSR count). The Morgan fingerprint density at radius 2 is 2.07 bits per heavy atom. The Kier molecular flexibility index (Phi) is 8.91. The number of carboxylic acid groups (broad SMARTS) is 1. The summed E-state index contributed by atoms with van der Waals surface area (Å²) in [7, 11) is 0. The normalized spacial score (nSPS) is 23.4. The Hall–Kier alpha value is -2.62. The maximum atomic E-state index is 12.3. The number of ether oxygens (including phenoxy) is 1. The van der Waals surface area contributed by atoms with Crippen molar-refractivity contribution < 1.29 is 24.5 Å². The van der Waals surface area contributed by atoms with Crippen LogP contribution in [-0.4, -0.2) is 29.6 Å². The molecule has 0 spiro atoms. The van der Waals surface area contributed by atoms with Gasteiger partial charge in [0.15, 0.2) is 0 Å². The van der Waals surface area contributed by atoms with Gasteiger partial charge in [-0.3, -0.25) is 4.79 Å². The van der Waals surface area contributed by atoms with Crippen LogP contribution < -0.4 is 9.84 Å². The maximum absolute atomic E-state index is 12.3. The first-order valence-electron chi connectivity index (χ1n) is 10.1. The summed E-state index contributed by atoms with van der Waals surface area (Å²) >= 11 is 0. The predicted octanol–water partition coefficient (Wildman–Crippen LogP) is 2.70. The third-order valence-electron chi connectivity index (χ3n) is 5.26. The molecule has 5 atom stereocenters. The van der Waals surface area contributed by atoms with E-state index in [0.29, 0.717) is 25.0 Å². The summed E-state index contributed by atoms with van der Waals surface area (Å²) < 4.78 is 5.55. The van der Waals surface area contributed by atoms with Crippen LogP contribution in [0.4, 0.5) is 0 Å². The molecule has 1 aliphatic carbocycles. The Labute approximate surface area is 172 Å². The molecule has 1 saturated carbocycles. The number of aliphatic hydroxyl groups excluding tert-OH is 1. The standard InChI is InChI=1S/C24H30O5/c1-17(24(27)28)9-5-3-8-12-22-21(18(2)15-23(22)26)14-13-19(25)16-29-20-10-6-4-7-11-20/h4-8,10-11,13-14,17-19,21-22,25H,9,12,15-16H2,1-2H3,(H,27,28)/p-1/b14-13+. The largest absolute Gasteiger partial charge is 0.550 e. The second-order valence-electron chi connectivity index (χ2n) is 7.67. The number of Topliss-reactive ketones (excluding diaryl/α,β-unsaturated/α-hetero) is 1. The summed E-state index contributed by atoms with van der Waals surface area (Å²) in [5.41, 5.74) is 2.97. The highest BCUT2D eigenvalue weighted by Crippen LogP contribution is 2.37. The highest BCUT2D eigenvalue weighted by atomic mass is 16.5. The molecule has 1 aromatic carbocycles. The number of aliphatic carboxylic acids is 1. The third kappa shape index (κ3) is 7.37. The van der Waals surface area contributed by atoms with Crippen molar-refractivity contribution in [3.63, 3.8) is 0 Å². The van der Waals surface area contributed by atoms with Crippen molar-refractivity contribution in [1.82, 2.24) is 0 Å². The molecule has 29 heavy (non-hydrogen) atoms. The quantitative estimate of drug-likeness (QED) is 0.485. The molecule has 5 nitrogen and oxygen atoms in total. The van der Waals surface area contributed by atoms with Gasteiger partial charge < -0.3 is 19.7 Å². The van der Waals surface area contributed by atoms with Gasteiger partial charge in [-0.25, -0.2) is 0 Å². The molecule has 0 heterocycles. The van der Waals surface area contributed by atoms with Crippen molar-refractivity contribution in [3.05, 3.63) is 60.4 Å². The molecule has 0 aromatic heterocycles. The number of rotatable bonds is 10. The van der Waals surface area contributed by atoms with Crippen molar-refractivity contribution in [3.8, 4) is 5.75 Å². The lowest BCUT2D eigenvalue weighted by atomic mass is 9.87. The van der Waals surface area contributed by atoms with Crippen LogP contribution in [0, 0.1) is 23.7 Å². The molecule has 1 N–H and O–H groups in total. The molecule has 0 radical (unpaired) electrons. The highest BCUT2D eigenvalue weighted by Gasteiger charge is 2.37. The van der Waals surface area contributed by atoms with Crippen molar-refractivity contribution in [1.29, 1.82) is 0 Å². The lowest BCUT2D eigenvalue weighted by Gasteiger charge is -2.17. The first-order chi connectivity index (χ1) is 13.9. The zero-order valence-corrected chi connectivity index (χ0v) is 17.0. The second kappa shape index (κ2) is 11.4. The van der Waals surface area contributed by atoms with E-state index < -0.39 is 18.0 Å². The van der Waals surface area contributed by atoms with Gasteiger partial charge in [0.05, 0.1) is 0 Å². The van der Waals surface area contributed by atoms with E-state index in [1.54, 1.807) is 25.2 Å². The van der Waals surface area contributed by atoms with Crippen LogP contribution in [0.5, 0.6) is 5.75 Å². The number of allylic oxidation sites excluding steroid dienone is 2. The van der Waals surface area contributed by atoms with Crippen LogP contribution in [0.1, 0.15) is 33.1 Å². The molecule has 156 valence electrons. The first-order valence-corrected chi connectivity index (χ1v) is 10.1. The lowest BCUT2D eigenvalue weighted by Crippen LogP contribution is -2.28. The van der Waals surface area contributed by atoms with E-state index >= 15 is 0 Å². The van der Waals surface area contributed by atoms with Crippen LogP contribution in [0.15, 0.2) is 60.4 Å². The minimum Gasteiger partial charge on any atom is -0.550 e. The van der Waals surface area contributed by atoms with Gasteiger partial charge in [-0.15, -0.1) is 5.73 Å². The van der Waals surface area contributed by atoms with Gasteiger partial charge in [-0.1, -0.05) is 44.2 Å². The van der Waals surface area contributed by atoms with Gasteiger partial charge in [0.1, 0.15) is 24.2 Å². The minimum atomic E-state index is -1.08. The van der Waals surface area contributed by atoms with E-state index in [1.165, 1.54) is 0 Å². The molecular formula is C24H29O5-. The van der Waals surface area contributed by atoms with Crippen LogP contribution in [-0.2, 0) is 9.59 Å². The van der Waals surface area contributed by atoms with Crippen LogP contribution in [0.25, 0.3) is 0 Å². The predicted molar refractivity (Wildman–Crippen MR) is 109 cm³/mol. The van der Waals surface area contributed by atoms with Gasteiger partial charge in [-0.2, -0.15) is 0 Å². The molecule has 1 aromatic rings. The van der Waals surface area contributed by atoms with Gasteiger partial charge in [-0.05, 0) is 54.9 Å². The average Bonchev–Trinajstić information content (AvgIpc) is 2.97. The number of carbonyl (C=O) groups excluding carboxylic acids is 2. The Bertz CT molecular complexity index is 761. The Balaban J connectivity index is 1.89. The molecule has 0 bridgehead atoms. The summed E-state index contributed by atoms with van der Waals surface area (Å²) in [4.78, 5) is 23.0.